The number of hydrogen-bond acceptors (Lipinski definition) is 2. The maximum Gasteiger partial charge on any atom is 0.0998 e. The number of hydrogen-bond donors (Lipinski definition) is 0. The lowest BCUT2D eigenvalue weighted by Crippen LogP contribution is -2.06. The molecule has 0 amide bonds. The fourth-order valence-corrected chi connectivity index (χ4v) is 2.56. The van der Waals surface area contributed by atoms with Crippen LogP contribution < -0.4 is 0 Å². The minimum absolute atomic E-state index is 0.725. The maximum absolute atomic E-state index is 9.14. The monoisotopic (exact) mass is 264 g/mol. The molecule has 0 radical (unpaired) electrons. The molecule has 3 rings (SSSR count). The number of rotatable bonds is 4. The first-order valence-electron chi connectivity index (χ1n) is 6.80. The van der Waals surface area contributed by atoms with Crippen LogP contribution in [-0.2, 0) is 13.1 Å². The molecule has 0 saturated carbocycles. The highest BCUT2D eigenvalue weighted by atomic mass is 15.1. The maximum atomic E-state index is 9.14. The summed E-state index contributed by atoms with van der Waals surface area (Å²) in [6.45, 7) is 3.92. The average molecular weight is 264 g/mol. The van der Waals surface area contributed by atoms with Gasteiger partial charge in [-0.15, -0.1) is 0 Å². The van der Waals surface area contributed by atoms with Crippen molar-refractivity contribution in [3.63, 3.8) is 0 Å². The van der Waals surface area contributed by atoms with E-state index in [0.29, 0.717) is 0 Å². The van der Waals surface area contributed by atoms with Crippen LogP contribution in [0.4, 0.5) is 0 Å². The van der Waals surface area contributed by atoms with Gasteiger partial charge in [-0.05, 0) is 24.6 Å². The van der Waals surface area contributed by atoms with Gasteiger partial charge in [0.1, 0.15) is 0 Å². The van der Waals surface area contributed by atoms with Gasteiger partial charge in [-0.3, -0.25) is 0 Å². The fraction of sp³-hybridized carbons (Fsp3) is 0.250. The lowest BCUT2D eigenvalue weighted by atomic mass is 10.1. The third-order valence-electron chi connectivity index (χ3n) is 3.53. The summed E-state index contributed by atoms with van der Waals surface area (Å²) in [5, 5.41) is 10.2. The van der Waals surface area contributed by atoms with Crippen molar-refractivity contribution >= 4 is 10.9 Å². The first-order chi connectivity index (χ1) is 9.83. The van der Waals surface area contributed by atoms with Gasteiger partial charge in [0.05, 0.1) is 30.2 Å². The van der Waals surface area contributed by atoms with Crippen LogP contribution in [0.15, 0.2) is 43.0 Å². The molecule has 0 aliphatic rings. The summed E-state index contributed by atoms with van der Waals surface area (Å²) in [6.07, 6.45) is 6.92. The van der Waals surface area contributed by atoms with E-state index in [1.807, 2.05) is 36.9 Å². The van der Waals surface area contributed by atoms with E-state index in [-0.39, 0.29) is 0 Å². The number of imidazole rings is 1. The highest BCUT2D eigenvalue weighted by molar-refractivity contribution is 5.86. The Morgan fingerprint density at radius 2 is 2.15 bits per heavy atom. The minimum Gasteiger partial charge on any atom is -0.341 e. The van der Waals surface area contributed by atoms with Gasteiger partial charge in [0.25, 0.3) is 0 Å². The number of nitrogens with zero attached hydrogens (tertiary/aromatic N) is 4. The van der Waals surface area contributed by atoms with Gasteiger partial charge in [0.15, 0.2) is 0 Å². The number of nitriles is 1. The molecule has 4 heteroatoms. The lowest BCUT2D eigenvalue weighted by molar-refractivity contribution is 0.629. The van der Waals surface area contributed by atoms with Crippen molar-refractivity contribution in [1.82, 2.24) is 14.1 Å². The molecule has 2 heterocycles. The predicted molar refractivity (Wildman–Crippen MR) is 78.3 cm³/mol. The van der Waals surface area contributed by atoms with Gasteiger partial charge in [-0.25, -0.2) is 4.98 Å². The van der Waals surface area contributed by atoms with Crippen molar-refractivity contribution in [2.75, 3.05) is 0 Å². The van der Waals surface area contributed by atoms with E-state index in [9.17, 15) is 0 Å². The summed E-state index contributed by atoms with van der Waals surface area (Å²) in [5.74, 6) is 0. The molecule has 0 atom stereocenters. The molecule has 20 heavy (non-hydrogen) atoms. The third kappa shape index (κ3) is 2.08. The van der Waals surface area contributed by atoms with Crippen molar-refractivity contribution in [2.45, 2.75) is 26.4 Å². The molecule has 4 nitrogen and oxygen atoms in total. The highest BCUT2D eigenvalue weighted by Gasteiger charge is 2.07. The van der Waals surface area contributed by atoms with Crippen LogP contribution in [0.25, 0.3) is 10.9 Å². The van der Waals surface area contributed by atoms with Crippen molar-refractivity contribution < 1.29 is 0 Å². The van der Waals surface area contributed by atoms with Gasteiger partial charge in [-0.1, -0.05) is 13.0 Å². The second kappa shape index (κ2) is 5.22. The second-order valence-electron chi connectivity index (χ2n) is 4.87. The van der Waals surface area contributed by atoms with E-state index < -0.39 is 0 Å². The Balaban J connectivity index is 1.99. The molecule has 0 aliphatic carbocycles. The molecule has 100 valence electrons. The molecule has 0 aliphatic heterocycles. The lowest BCUT2D eigenvalue weighted by Gasteiger charge is -2.09. The van der Waals surface area contributed by atoms with E-state index in [2.05, 4.69) is 33.2 Å². The van der Waals surface area contributed by atoms with Gasteiger partial charge in [0.2, 0.25) is 0 Å². The first-order valence-corrected chi connectivity index (χ1v) is 6.80. The number of fused-ring (bicyclic) bond motifs is 1. The molecule has 2 aromatic heterocycles. The Kier molecular flexibility index (Phi) is 3.26. The number of benzene rings is 1. The van der Waals surface area contributed by atoms with Crippen molar-refractivity contribution in [3.8, 4) is 6.07 Å². The molecule has 0 fully saturated rings. The first kappa shape index (κ1) is 12.5. The normalized spacial score (nSPS) is 10.8. The highest BCUT2D eigenvalue weighted by Crippen LogP contribution is 2.20. The zero-order chi connectivity index (χ0) is 13.9. The summed E-state index contributed by atoms with van der Waals surface area (Å²) in [6, 6.07) is 10.1. The molecular formula is C16H16N4. The summed E-state index contributed by atoms with van der Waals surface area (Å²) in [4.78, 5) is 4.23. The van der Waals surface area contributed by atoms with Crippen LogP contribution >= 0.6 is 0 Å². The number of aryl methyl sites for hydroxylation is 1. The van der Waals surface area contributed by atoms with E-state index in [4.69, 9.17) is 5.26 Å². The Bertz CT molecular complexity index is 773. The Hall–Kier alpha value is -2.54. The zero-order valence-electron chi connectivity index (χ0n) is 11.5. The van der Waals surface area contributed by atoms with Crippen molar-refractivity contribution in [1.29, 1.82) is 5.26 Å². The molecule has 1 aromatic carbocycles. The van der Waals surface area contributed by atoms with Gasteiger partial charge >= 0.3 is 0 Å². The van der Waals surface area contributed by atoms with Gasteiger partial charge in [0, 0.05) is 29.8 Å². The van der Waals surface area contributed by atoms with Crippen LogP contribution in [0, 0.1) is 11.3 Å². The van der Waals surface area contributed by atoms with Crippen LogP contribution in [0.1, 0.15) is 24.6 Å². The summed E-state index contributed by atoms with van der Waals surface area (Å²) in [5.41, 5.74) is 3.00. The predicted octanol–water partition coefficient (Wildman–Crippen LogP) is 3.17. The summed E-state index contributed by atoms with van der Waals surface area (Å²) < 4.78 is 4.35. The Morgan fingerprint density at radius 1 is 1.25 bits per heavy atom. The van der Waals surface area contributed by atoms with Gasteiger partial charge < -0.3 is 9.13 Å². The molecule has 0 bridgehead atoms. The van der Waals surface area contributed by atoms with Crippen LogP contribution in [0.5, 0.6) is 0 Å². The quantitative estimate of drug-likeness (QED) is 0.726. The molecule has 3 aromatic rings. The van der Waals surface area contributed by atoms with E-state index >= 15 is 0 Å². The molecule has 0 unspecified atom stereocenters. The van der Waals surface area contributed by atoms with Crippen molar-refractivity contribution in [3.05, 3.63) is 54.2 Å². The Morgan fingerprint density at radius 3 is 2.95 bits per heavy atom. The van der Waals surface area contributed by atoms with E-state index in [1.165, 1.54) is 5.69 Å². The average Bonchev–Trinajstić information content (AvgIpc) is 3.07. The molecule has 0 N–H and O–H groups in total. The molecule has 0 spiro atoms. The summed E-state index contributed by atoms with van der Waals surface area (Å²) in [7, 11) is 0. The SMILES string of the molecule is CCCn1cncc1Cn1ccc2c(C#N)cccc21. The number of aromatic nitrogens is 3. The zero-order valence-corrected chi connectivity index (χ0v) is 11.5. The largest absolute Gasteiger partial charge is 0.341 e. The summed E-state index contributed by atoms with van der Waals surface area (Å²) >= 11 is 0. The topological polar surface area (TPSA) is 46.5 Å². The van der Waals surface area contributed by atoms with Crippen molar-refractivity contribution in [2.24, 2.45) is 0 Å². The Labute approximate surface area is 117 Å². The standard InChI is InChI=1S/C16H16N4/c1-2-7-20-12-18-10-14(20)11-19-8-6-15-13(9-17)4-3-5-16(15)19/h3-6,8,10,12H,2,7,11H2,1H3. The van der Waals surface area contributed by atoms with Gasteiger partial charge in [-0.2, -0.15) is 5.26 Å². The fourth-order valence-electron chi connectivity index (χ4n) is 2.56. The molecular weight excluding hydrogens is 248 g/mol. The molecule has 0 saturated heterocycles. The minimum atomic E-state index is 0.725. The second-order valence-corrected chi connectivity index (χ2v) is 4.87. The van der Waals surface area contributed by atoms with E-state index in [0.717, 1.165) is 36.0 Å². The van der Waals surface area contributed by atoms with Crippen LogP contribution in [0.2, 0.25) is 0 Å². The van der Waals surface area contributed by atoms with Crippen LogP contribution in [0.3, 0.4) is 0 Å². The third-order valence-corrected chi connectivity index (χ3v) is 3.53. The smallest absolute Gasteiger partial charge is 0.0998 e. The van der Waals surface area contributed by atoms with Crippen LogP contribution in [-0.4, -0.2) is 14.1 Å². The van der Waals surface area contributed by atoms with E-state index in [1.54, 1.807) is 0 Å².